The van der Waals surface area contributed by atoms with Crippen molar-refractivity contribution in [1.29, 1.82) is 0 Å². The van der Waals surface area contributed by atoms with Crippen LogP contribution in [0.15, 0.2) is 42.5 Å². The van der Waals surface area contributed by atoms with Gasteiger partial charge in [-0.15, -0.1) is 0 Å². The second kappa shape index (κ2) is 8.55. The number of carbonyl (C=O) groups excluding carboxylic acids is 1. The molecule has 2 rings (SSSR count). The molecule has 0 aliphatic rings. The van der Waals surface area contributed by atoms with E-state index in [0.717, 1.165) is 16.7 Å². The third-order valence-electron chi connectivity index (χ3n) is 4.16. The van der Waals surface area contributed by atoms with Crippen molar-refractivity contribution in [3.8, 4) is 5.75 Å². The molecular weight excluding hydrogens is 407 g/mol. The van der Waals surface area contributed by atoms with Crippen molar-refractivity contribution < 1.29 is 19.4 Å². The van der Waals surface area contributed by atoms with Gasteiger partial charge in [-0.3, -0.25) is 0 Å². The quantitative estimate of drug-likeness (QED) is 0.411. The van der Waals surface area contributed by atoms with E-state index in [-0.39, 0.29) is 5.78 Å². The van der Waals surface area contributed by atoms with Crippen molar-refractivity contribution in [3.63, 3.8) is 0 Å². The van der Waals surface area contributed by atoms with Crippen LogP contribution in [0.25, 0.3) is 6.08 Å². The molecule has 0 saturated heterocycles. The molecule has 0 amide bonds. The fourth-order valence-electron chi connectivity index (χ4n) is 2.56. The van der Waals surface area contributed by atoms with Crippen LogP contribution >= 0.6 is 0 Å². The average Bonchev–Trinajstić information content (AvgIpc) is 2.62. The SMILES string of the molecule is C[Se]c1ccc(C(=O)/C=C/c2cc(C)c(OC(C)(C)C(=O)O)c(C)c2)cc1. The van der Waals surface area contributed by atoms with Crippen LogP contribution in [0, 0.1) is 13.8 Å². The van der Waals surface area contributed by atoms with E-state index >= 15 is 0 Å². The summed E-state index contributed by atoms with van der Waals surface area (Å²) in [5.41, 5.74) is 1.87. The standard InChI is InChI=1S/C22H24O4Se/c1-14-12-16(13-15(2)20(14)26-22(3,4)21(24)25)6-11-19(23)17-7-9-18(27-5)10-8-17/h6-13H,1-5H3,(H,24,25)/b11-6+. The molecule has 0 aliphatic carbocycles. The summed E-state index contributed by atoms with van der Waals surface area (Å²) >= 11 is 0.422. The van der Waals surface area contributed by atoms with Gasteiger partial charge in [-0.2, -0.15) is 0 Å². The molecular formula is C22H24O4Se. The maximum absolute atomic E-state index is 12.3. The van der Waals surface area contributed by atoms with Crippen LogP contribution in [-0.4, -0.2) is 37.4 Å². The number of hydrogen-bond donors (Lipinski definition) is 1. The Morgan fingerprint density at radius 1 is 1.07 bits per heavy atom. The molecule has 0 unspecified atom stereocenters. The zero-order valence-corrected chi connectivity index (χ0v) is 17.9. The molecule has 142 valence electrons. The van der Waals surface area contributed by atoms with E-state index in [2.05, 4.69) is 5.82 Å². The molecule has 2 aromatic carbocycles. The number of hydrogen-bond acceptors (Lipinski definition) is 3. The molecule has 0 saturated carbocycles. The summed E-state index contributed by atoms with van der Waals surface area (Å²) in [6.45, 7) is 6.77. The van der Waals surface area contributed by atoms with E-state index in [1.807, 2.05) is 50.2 Å². The maximum atomic E-state index is 12.3. The minimum atomic E-state index is -1.31. The van der Waals surface area contributed by atoms with E-state index in [9.17, 15) is 14.7 Å². The van der Waals surface area contributed by atoms with Crippen LogP contribution in [0.3, 0.4) is 0 Å². The number of benzene rings is 2. The van der Waals surface area contributed by atoms with Crippen molar-refractivity contribution in [2.24, 2.45) is 0 Å². The Hall–Kier alpha value is -2.36. The van der Waals surface area contributed by atoms with Gasteiger partial charge in [0.15, 0.2) is 5.60 Å². The van der Waals surface area contributed by atoms with E-state index in [1.165, 1.54) is 18.3 Å². The van der Waals surface area contributed by atoms with Crippen LogP contribution in [0.5, 0.6) is 5.75 Å². The van der Waals surface area contributed by atoms with Gasteiger partial charge < -0.3 is 5.11 Å². The summed E-state index contributed by atoms with van der Waals surface area (Å²) in [6, 6.07) is 11.5. The molecule has 2 aromatic rings. The Labute approximate surface area is 166 Å². The molecule has 0 spiro atoms. The zero-order valence-electron chi connectivity index (χ0n) is 16.2. The number of aryl methyl sites for hydroxylation is 2. The van der Waals surface area contributed by atoms with Crippen LogP contribution in [0.1, 0.15) is 40.9 Å². The number of carboxylic acids is 1. The number of allylic oxidation sites excluding steroid dienone is 1. The van der Waals surface area contributed by atoms with Crippen molar-refractivity contribution in [2.45, 2.75) is 39.1 Å². The van der Waals surface area contributed by atoms with Crippen molar-refractivity contribution in [1.82, 2.24) is 0 Å². The Balaban J connectivity index is 2.20. The van der Waals surface area contributed by atoms with Gasteiger partial charge in [-0.25, -0.2) is 4.79 Å². The number of carbonyl (C=O) groups is 2. The minimum absolute atomic E-state index is 0.0483. The molecule has 5 heteroatoms. The van der Waals surface area contributed by atoms with Gasteiger partial charge >= 0.3 is 137 Å². The van der Waals surface area contributed by atoms with Crippen molar-refractivity contribution in [2.75, 3.05) is 0 Å². The summed E-state index contributed by atoms with van der Waals surface area (Å²) in [4.78, 5) is 23.6. The molecule has 0 aromatic heterocycles. The predicted molar refractivity (Wildman–Crippen MR) is 109 cm³/mol. The average molecular weight is 431 g/mol. The number of rotatable bonds is 7. The molecule has 0 aliphatic heterocycles. The van der Waals surface area contributed by atoms with Gasteiger partial charge in [0.1, 0.15) is 0 Å². The topological polar surface area (TPSA) is 63.6 Å². The first-order chi connectivity index (χ1) is 12.6. The molecule has 0 atom stereocenters. The molecule has 0 heterocycles. The second-order valence-corrected chi connectivity index (χ2v) is 8.67. The van der Waals surface area contributed by atoms with Gasteiger partial charge in [0.2, 0.25) is 0 Å². The molecule has 0 bridgehead atoms. The summed E-state index contributed by atoms with van der Waals surface area (Å²) in [5.74, 6) is 1.63. The molecule has 4 nitrogen and oxygen atoms in total. The van der Waals surface area contributed by atoms with E-state index in [0.29, 0.717) is 26.3 Å². The van der Waals surface area contributed by atoms with E-state index < -0.39 is 11.6 Å². The van der Waals surface area contributed by atoms with Gasteiger partial charge in [0.25, 0.3) is 0 Å². The third-order valence-corrected chi connectivity index (χ3v) is 5.72. The van der Waals surface area contributed by atoms with Crippen LogP contribution in [-0.2, 0) is 4.79 Å². The fraction of sp³-hybridized carbons (Fsp3) is 0.273. The van der Waals surface area contributed by atoms with Crippen molar-refractivity contribution in [3.05, 3.63) is 64.7 Å². The van der Waals surface area contributed by atoms with E-state index in [1.54, 1.807) is 12.2 Å². The van der Waals surface area contributed by atoms with Gasteiger partial charge in [-0.05, 0) is 13.8 Å². The first-order valence-corrected chi connectivity index (χ1v) is 11.1. The molecule has 0 radical (unpaired) electrons. The van der Waals surface area contributed by atoms with E-state index in [4.69, 9.17) is 4.74 Å². The molecule has 0 fully saturated rings. The van der Waals surface area contributed by atoms with Crippen LogP contribution in [0.4, 0.5) is 0 Å². The van der Waals surface area contributed by atoms with Crippen LogP contribution in [0.2, 0.25) is 5.82 Å². The first kappa shape index (κ1) is 20.9. The summed E-state index contributed by atoms with van der Waals surface area (Å²) < 4.78 is 6.97. The monoisotopic (exact) mass is 432 g/mol. The number of carboxylic acid groups (broad SMARTS) is 1. The normalized spacial score (nSPS) is 11.6. The third kappa shape index (κ3) is 5.31. The Morgan fingerprint density at radius 3 is 2.11 bits per heavy atom. The fourth-order valence-corrected chi connectivity index (χ4v) is 3.42. The number of aliphatic carboxylic acids is 1. The van der Waals surface area contributed by atoms with Crippen molar-refractivity contribution >= 4 is 37.2 Å². The Bertz CT molecular complexity index is 857. The molecule has 1 N–H and O–H groups in total. The van der Waals surface area contributed by atoms with Gasteiger partial charge in [0, 0.05) is 0 Å². The Kier molecular flexibility index (Phi) is 6.63. The summed E-state index contributed by atoms with van der Waals surface area (Å²) in [7, 11) is 0. The number of ether oxygens (including phenoxy) is 1. The summed E-state index contributed by atoms with van der Waals surface area (Å²) in [6.07, 6.45) is 3.33. The Morgan fingerprint density at radius 2 is 1.63 bits per heavy atom. The van der Waals surface area contributed by atoms with Gasteiger partial charge in [0.05, 0.1) is 0 Å². The predicted octanol–water partition coefficient (Wildman–Crippen LogP) is 3.82. The molecule has 27 heavy (non-hydrogen) atoms. The van der Waals surface area contributed by atoms with Crippen LogP contribution < -0.4 is 9.20 Å². The zero-order chi connectivity index (χ0) is 20.2. The second-order valence-electron chi connectivity index (χ2n) is 6.83. The number of ketones is 1. The summed E-state index contributed by atoms with van der Waals surface area (Å²) in [5, 5.41) is 9.25. The first-order valence-electron chi connectivity index (χ1n) is 8.54. The van der Waals surface area contributed by atoms with Gasteiger partial charge in [-0.1, -0.05) is 0 Å².